The summed E-state index contributed by atoms with van der Waals surface area (Å²) in [5.41, 5.74) is 0.693. The molecule has 6 heteroatoms. The Hall–Kier alpha value is 0.758. The van der Waals surface area contributed by atoms with E-state index in [1.54, 1.807) is 0 Å². The van der Waals surface area contributed by atoms with Crippen molar-refractivity contribution >= 4 is 14.2 Å². The Labute approximate surface area is 55.4 Å². The Balaban J connectivity index is -0.0000000800. The molecule has 0 aliphatic carbocycles. The second-order valence-electron chi connectivity index (χ2n) is 0.771. The Morgan fingerprint density at radius 3 is 1.43 bits per heavy atom. The Bertz CT molecular complexity index is 61.1. The van der Waals surface area contributed by atoms with Crippen LogP contribution in [0.4, 0.5) is 0 Å². The summed E-state index contributed by atoms with van der Waals surface area (Å²) in [6.45, 7) is 0. The molecule has 0 rings (SSSR count). The van der Waals surface area contributed by atoms with Crippen molar-refractivity contribution in [3.8, 4) is 0 Å². The van der Waals surface area contributed by atoms with Gasteiger partial charge < -0.3 is 6.15 Å². The van der Waals surface area contributed by atoms with Crippen LogP contribution in [0.5, 0.6) is 0 Å². The predicted molar refractivity (Wildman–Crippen MR) is 18.3 cm³/mol. The predicted octanol–water partition coefficient (Wildman–Crippen LogP) is -1.92. The maximum absolute atomic E-state index is 9.16. The van der Waals surface area contributed by atoms with E-state index in [0.717, 1.165) is 0 Å². The summed E-state index contributed by atoms with van der Waals surface area (Å²) in [7, 11) is 0. The third-order valence-corrected chi connectivity index (χ3v) is 0. The van der Waals surface area contributed by atoms with Crippen LogP contribution in [0.1, 0.15) is 0 Å². The van der Waals surface area contributed by atoms with Crippen LogP contribution in [0.3, 0.4) is 0 Å². The van der Waals surface area contributed by atoms with Gasteiger partial charge in [-0.25, -0.2) is 0 Å². The van der Waals surface area contributed by atoms with Gasteiger partial charge in [-0.15, -0.1) is 0 Å². The molecule has 0 amide bonds. The smallest absolute Gasteiger partial charge is 0.369 e. The van der Waals surface area contributed by atoms with Gasteiger partial charge in [-0.2, -0.15) is 0 Å². The summed E-state index contributed by atoms with van der Waals surface area (Å²) in [4.78, 5) is 0. The van der Waals surface area contributed by atoms with Crippen molar-refractivity contribution in [2.24, 2.45) is 0 Å². The van der Waals surface area contributed by atoms with Crippen LogP contribution in [-0.4, -0.2) is 14.2 Å². The molecule has 1 radical (unpaired) electrons. The van der Waals surface area contributed by atoms with Crippen LogP contribution in [0.2, 0.25) is 5.71 Å². The van der Waals surface area contributed by atoms with Crippen LogP contribution < -0.4 is 14.3 Å². The second-order valence-corrected chi connectivity index (χ2v) is 4.01. The minimum absolute atomic E-state index is 0. The molecular weight excluding hydrogens is 205 g/mol. The summed E-state index contributed by atoms with van der Waals surface area (Å²) < 4.78 is 27.5. The Morgan fingerprint density at radius 1 is 1.43 bits per heavy atom. The Morgan fingerprint density at radius 2 is 1.43 bits per heavy atom. The number of quaternary nitrogens is 1. The summed E-state index contributed by atoms with van der Waals surface area (Å²) >= 11 is -4.62. The van der Waals surface area contributed by atoms with Gasteiger partial charge in [0.2, 0.25) is 0 Å². The first-order chi connectivity index (χ1) is 2.00. The molecule has 0 spiro atoms. The molecule has 0 unspecified atom stereocenters. The van der Waals surface area contributed by atoms with E-state index >= 15 is 0 Å². The zero-order valence-electron chi connectivity index (χ0n) is 4.03. The molecule has 7 heavy (non-hydrogen) atoms. The average Bonchev–Trinajstić information content (AvgIpc) is 0.722. The number of hydrogen-bond acceptors (Lipinski definition) is 3. The monoisotopic (exact) mass is 212 g/mol. The van der Waals surface area contributed by atoms with Crippen molar-refractivity contribution < 1.29 is 29.0 Å². The van der Waals surface area contributed by atoms with E-state index < -0.39 is 14.2 Å². The molecule has 0 aliphatic rings. The van der Waals surface area contributed by atoms with Crippen LogP contribution in [0.25, 0.3) is 0 Å². The van der Waals surface area contributed by atoms with Crippen LogP contribution in [-0.2, 0) is 20.8 Å². The van der Waals surface area contributed by atoms with Gasteiger partial charge in [0, 0.05) is 0 Å². The van der Waals surface area contributed by atoms with E-state index in [-0.39, 0.29) is 23.2 Å². The summed E-state index contributed by atoms with van der Waals surface area (Å²) in [6.07, 6.45) is 0. The standard InChI is InChI=1S/CH5AsO3.Fe.H3N/c1-2(3,4)5;;/h1H3,(H2,3,4,5);;1H3/q;+3;/p-1. The minimum Gasteiger partial charge on any atom is -0.369 e. The maximum atomic E-state index is 9.16. The van der Waals surface area contributed by atoms with Crippen LogP contribution in [0.15, 0.2) is 0 Å². The molecule has 0 atom stereocenters. The van der Waals surface area contributed by atoms with Gasteiger partial charge >= 0.3 is 48.9 Å². The van der Waals surface area contributed by atoms with Crippen molar-refractivity contribution in [3.05, 3.63) is 0 Å². The van der Waals surface area contributed by atoms with Gasteiger partial charge in [0.05, 0.1) is 0 Å². The van der Waals surface area contributed by atoms with Crippen molar-refractivity contribution in [2.75, 3.05) is 0 Å². The third-order valence-electron chi connectivity index (χ3n) is 0. The van der Waals surface area contributed by atoms with Crippen molar-refractivity contribution in [1.82, 2.24) is 6.15 Å². The summed E-state index contributed by atoms with van der Waals surface area (Å²) in [6, 6.07) is 0. The molecule has 0 aromatic rings. The zero-order chi connectivity index (χ0) is 4.50. The van der Waals surface area contributed by atoms with Crippen molar-refractivity contribution in [3.63, 3.8) is 0 Å². The molecule has 0 bridgehead atoms. The van der Waals surface area contributed by atoms with E-state index in [1.807, 2.05) is 0 Å². The molecule has 4 nitrogen and oxygen atoms in total. The average molecular weight is 212 g/mol. The van der Waals surface area contributed by atoms with E-state index in [9.17, 15) is 0 Å². The fourth-order valence-corrected chi connectivity index (χ4v) is 0. The Kier molecular flexibility index (Phi) is 11.0. The van der Waals surface area contributed by atoms with Gasteiger partial charge in [-0.1, -0.05) is 0 Å². The van der Waals surface area contributed by atoms with Gasteiger partial charge in [0.25, 0.3) is 0 Å². The van der Waals surface area contributed by atoms with E-state index in [2.05, 4.69) is 0 Å². The molecule has 45 valence electrons. The number of hydrogen-bond donors (Lipinski definition) is 1. The second kappa shape index (κ2) is 4.91. The SMILES string of the molecule is C[As](=O)([O-])[O-].[Fe+3].[NH4+]. The molecule has 0 fully saturated rings. The normalized spacial score (nSPS) is 8.43. The maximum Gasteiger partial charge on any atom is 3.00 e. The van der Waals surface area contributed by atoms with Gasteiger partial charge in [0.15, 0.2) is 0 Å². The fraction of sp³-hybridized carbons (Fsp3) is 1.00. The van der Waals surface area contributed by atoms with Gasteiger partial charge in [-0.05, 0) is 0 Å². The molecule has 0 saturated carbocycles. The largest absolute Gasteiger partial charge is 3.00 e. The van der Waals surface area contributed by atoms with Gasteiger partial charge in [-0.3, -0.25) is 0 Å². The molecule has 4 N–H and O–H groups in total. The first kappa shape index (κ1) is 15.7. The van der Waals surface area contributed by atoms with E-state index in [1.165, 1.54) is 0 Å². The van der Waals surface area contributed by atoms with E-state index in [4.69, 9.17) is 11.9 Å². The van der Waals surface area contributed by atoms with Crippen molar-refractivity contribution in [2.45, 2.75) is 5.71 Å². The first-order valence-electron chi connectivity index (χ1n) is 0.995. The zero-order valence-corrected chi connectivity index (χ0v) is 7.01. The quantitative estimate of drug-likeness (QED) is 0.473. The fourth-order valence-electron chi connectivity index (χ4n) is 0. The molecular formula is CH7AsFeNO3+2. The topological polar surface area (TPSA) is 99.7 Å². The molecule has 0 aromatic carbocycles. The summed E-state index contributed by atoms with van der Waals surface area (Å²) in [5, 5.41) is 0. The van der Waals surface area contributed by atoms with Gasteiger partial charge in [0.1, 0.15) is 0 Å². The van der Waals surface area contributed by atoms with Crippen LogP contribution >= 0.6 is 0 Å². The first-order valence-corrected chi connectivity index (χ1v) is 5.17. The molecule has 0 heterocycles. The van der Waals surface area contributed by atoms with E-state index in [0.29, 0.717) is 5.71 Å². The summed E-state index contributed by atoms with van der Waals surface area (Å²) in [5.74, 6) is 0. The third kappa shape index (κ3) is 266. The number of rotatable bonds is 0. The molecule has 0 aromatic heterocycles. The molecule has 0 saturated heterocycles. The van der Waals surface area contributed by atoms with Crippen LogP contribution in [0, 0.1) is 0 Å². The molecule has 0 aliphatic heterocycles. The van der Waals surface area contributed by atoms with Crippen molar-refractivity contribution in [1.29, 1.82) is 0 Å². The minimum atomic E-state index is -4.62.